The molecule has 5 heteroatoms. The number of aliphatic hydroxyl groups is 1. The topological polar surface area (TPSA) is 59.4 Å². The van der Waals surface area contributed by atoms with Crippen molar-refractivity contribution < 1.29 is 19.1 Å². The Kier molecular flexibility index (Phi) is 6.73. The summed E-state index contributed by atoms with van der Waals surface area (Å²) in [7, 11) is 2.25. The number of pyridine rings is 1. The highest BCUT2D eigenvalue weighted by Gasteiger charge is 2.49. The van der Waals surface area contributed by atoms with Gasteiger partial charge in [0.2, 0.25) is 0 Å². The Morgan fingerprint density at radius 1 is 1.13 bits per heavy atom. The van der Waals surface area contributed by atoms with Gasteiger partial charge in [-0.05, 0) is 36.5 Å². The summed E-state index contributed by atoms with van der Waals surface area (Å²) in [6.45, 7) is 2.87. The van der Waals surface area contributed by atoms with Gasteiger partial charge in [-0.1, -0.05) is 49.2 Å². The summed E-state index contributed by atoms with van der Waals surface area (Å²) in [6.07, 6.45) is 10.3. The van der Waals surface area contributed by atoms with E-state index in [1.807, 2.05) is 42.6 Å². The number of likely N-dealkylation sites (N-methyl/N-ethyl adjacent to an activating group) is 1. The first-order chi connectivity index (χ1) is 15.0. The van der Waals surface area contributed by atoms with Gasteiger partial charge in [0.1, 0.15) is 6.54 Å². The maximum absolute atomic E-state index is 13.4. The molecule has 4 rings (SSSR count). The van der Waals surface area contributed by atoms with Crippen molar-refractivity contribution in [2.45, 2.75) is 56.7 Å². The van der Waals surface area contributed by atoms with Crippen molar-refractivity contribution in [2.24, 2.45) is 5.92 Å². The van der Waals surface area contributed by atoms with Gasteiger partial charge in [-0.15, -0.1) is 0 Å². The molecule has 2 heterocycles. The highest BCUT2D eigenvalue weighted by molar-refractivity contribution is 5.81. The third kappa shape index (κ3) is 4.99. The number of aromatic nitrogens is 1. The molecule has 1 aliphatic heterocycles. The monoisotopic (exact) mass is 423 g/mol. The number of nitrogens with zero attached hydrogens (tertiary/aromatic N) is 2. The van der Waals surface area contributed by atoms with Gasteiger partial charge in [0.25, 0.3) is 0 Å². The molecule has 1 aliphatic carbocycles. The van der Waals surface area contributed by atoms with E-state index in [0.29, 0.717) is 5.56 Å². The van der Waals surface area contributed by atoms with Crippen molar-refractivity contribution in [3.63, 3.8) is 0 Å². The van der Waals surface area contributed by atoms with E-state index in [1.165, 1.54) is 5.56 Å². The lowest BCUT2D eigenvalue weighted by Crippen LogP contribution is -2.56. The summed E-state index contributed by atoms with van der Waals surface area (Å²) in [5.41, 5.74) is 0.353. The van der Waals surface area contributed by atoms with E-state index in [1.54, 1.807) is 6.20 Å². The Balaban J connectivity index is 1.44. The molecule has 2 aromatic rings. The smallest absolute Gasteiger partial charge is 0.343 e. The first kappa shape index (κ1) is 22.0. The van der Waals surface area contributed by atoms with Gasteiger partial charge in [0.05, 0.1) is 20.1 Å². The summed E-state index contributed by atoms with van der Waals surface area (Å²) < 4.78 is 6.93. The molecule has 1 aromatic heterocycles. The molecule has 1 saturated heterocycles. The second-order valence-electron chi connectivity index (χ2n) is 9.64. The van der Waals surface area contributed by atoms with Gasteiger partial charge >= 0.3 is 5.97 Å². The van der Waals surface area contributed by atoms with Crippen LogP contribution in [0.4, 0.5) is 0 Å². The minimum absolute atomic E-state index is 0.0718. The SMILES string of the molecule is C[N+]1(CCc2cccnc2)CCCC(OC(=O)[C@](O)(c2ccccc2)C2CCCC2)C1. The van der Waals surface area contributed by atoms with Gasteiger partial charge < -0.3 is 14.3 Å². The van der Waals surface area contributed by atoms with Gasteiger partial charge in [0.15, 0.2) is 11.7 Å². The Morgan fingerprint density at radius 3 is 2.61 bits per heavy atom. The van der Waals surface area contributed by atoms with Crippen molar-refractivity contribution in [1.82, 2.24) is 4.98 Å². The number of carbonyl (C=O) groups excluding carboxylic acids is 1. The second-order valence-corrected chi connectivity index (χ2v) is 9.64. The molecular formula is C26H35N2O3+. The number of esters is 1. The molecule has 1 aromatic carbocycles. The minimum atomic E-state index is -1.55. The van der Waals surface area contributed by atoms with Crippen LogP contribution in [0.25, 0.3) is 0 Å². The normalized spacial score (nSPS) is 26.3. The fourth-order valence-electron chi connectivity index (χ4n) is 5.42. The van der Waals surface area contributed by atoms with Crippen molar-refractivity contribution >= 4 is 5.97 Å². The Bertz CT molecular complexity index is 853. The molecule has 31 heavy (non-hydrogen) atoms. The molecule has 3 atom stereocenters. The maximum Gasteiger partial charge on any atom is 0.343 e. The van der Waals surface area contributed by atoms with Crippen LogP contribution in [-0.2, 0) is 21.6 Å². The van der Waals surface area contributed by atoms with Crippen LogP contribution >= 0.6 is 0 Å². The summed E-state index contributed by atoms with van der Waals surface area (Å²) in [5, 5.41) is 11.7. The van der Waals surface area contributed by atoms with E-state index in [0.717, 1.165) is 69.1 Å². The third-order valence-corrected chi connectivity index (χ3v) is 7.28. The fraction of sp³-hybridized carbons (Fsp3) is 0.538. The lowest BCUT2D eigenvalue weighted by atomic mass is 9.80. The number of hydrogen-bond acceptors (Lipinski definition) is 4. The van der Waals surface area contributed by atoms with Crippen LogP contribution in [-0.4, -0.2) is 53.3 Å². The van der Waals surface area contributed by atoms with Crippen LogP contribution in [0, 0.1) is 5.92 Å². The Morgan fingerprint density at radius 2 is 1.90 bits per heavy atom. The van der Waals surface area contributed by atoms with Crippen LogP contribution in [0.2, 0.25) is 0 Å². The first-order valence-corrected chi connectivity index (χ1v) is 11.7. The molecule has 2 fully saturated rings. The summed E-state index contributed by atoms with van der Waals surface area (Å²) in [6, 6.07) is 13.5. The standard InChI is InChI=1S/C26H35N2O3/c1-28(18-15-21-9-7-16-27-19-21)17-8-14-24(20-28)31-25(29)26(30,23-12-5-6-13-23)22-10-3-2-4-11-22/h2-4,7,9-11,16,19,23-24,30H,5-6,8,12-15,17-18,20H2,1H3/q+1/t24?,26-,28?/m0/s1. The molecule has 0 spiro atoms. The quantitative estimate of drug-likeness (QED) is 0.543. The first-order valence-electron chi connectivity index (χ1n) is 11.7. The lowest BCUT2D eigenvalue weighted by molar-refractivity contribution is -0.916. The zero-order valence-electron chi connectivity index (χ0n) is 18.6. The zero-order valence-corrected chi connectivity index (χ0v) is 18.6. The molecule has 2 aliphatic rings. The number of likely N-dealkylation sites (tertiary alicyclic amines) is 1. The average molecular weight is 424 g/mol. The number of quaternary nitrogens is 1. The molecule has 0 amide bonds. The number of rotatable bonds is 7. The molecule has 166 valence electrons. The average Bonchev–Trinajstić information content (AvgIpc) is 3.34. The van der Waals surface area contributed by atoms with Crippen LogP contribution in [0.3, 0.4) is 0 Å². The van der Waals surface area contributed by atoms with E-state index in [4.69, 9.17) is 4.74 Å². The third-order valence-electron chi connectivity index (χ3n) is 7.28. The second kappa shape index (κ2) is 9.49. The molecule has 2 unspecified atom stereocenters. The van der Waals surface area contributed by atoms with E-state index in [-0.39, 0.29) is 12.0 Å². The Hall–Kier alpha value is -2.24. The van der Waals surface area contributed by atoms with E-state index < -0.39 is 11.6 Å². The van der Waals surface area contributed by atoms with Crippen molar-refractivity contribution in [3.8, 4) is 0 Å². The largest absolute Gasteiger partial charge is 0.454 e. The predicted molar refractivity (Wildman–Crippen MR) is 120 cm³/mol. The van der Waals surface area contributed by atoms with Crippen molar-refractivity contribution in [1.29, 1.82) is 0 Å². The van der Waals surface area contributed by atoms with Crippen LogP contribution in [0.5, 0.6) is 0 Å². The molecule has 1 saturated carbocycles. The minimum Gasteiger partial charge on any atom is -0.454 e. The Labute approximate surface area is 185 Å². The molecular weight excluding hydrogens is 388 g/mol. The van der Waals surface area contributed by atoms with Crippen LogP contribution in [0.15, 0.2) is 54.9 Å². The van der Waals surface area contributed by atoms with Crippen molar-refractivity contribution in [3.05, 3.63) is 66.0 Å². The van der Waals surface area contributed by atoms with Gasteiger partial charge in [-0.25, -0.2) is 4.79 Å². The van der Waals surface area contributed by atoms with Gasteiger partial charge in [-0.3, -0.25) is 4.98 Å². The van der Waals surface area contributed by atoms with Gasteiger partial charge in [-0.2, -0.15) is 0 Å². The number of hydrogen-bond donors (Lipinski definition) is 1. The van der Waals surface area contributed by atoms with E-state index >= 15 is 0 Å². The van der Waals surface area contributed by atoms with Gasteiger partial charge in [0, 0.05) is 31.2 Å². The van der Waals surface area contributed by atoms with Crippen molar-refractivity contribution in [2.75, 3.05) is 26.7 Å². The number of carbonyl (C=O) groups is 1. The summed E-state index contributed by atoms with van der Waals surface area (Å²) in [4.78, 5) is 17.6. The molecule has 5 nitrogen and oxygen atoms in total. The highest BCUT2D eigenvalue weighted by atomic mass is 16.6. The van der Waals surface area contributed by atoms with Crippen LogP contribution in [0.1, 0.15) is 49.7 Å². The fourth-order valence-corrected chi connectivity index (χ4v) is 5.42. The predicted octanol–water partition coefficient (Wildman–Crippen LogP) is 3.85. The number of benzene rings is 1. The van der Waals surface area contributed by atoms with Crippen LogP contribution < -0.4 is 0 Å². The van der Waals surface area contributed by atoms with E-state index in [2.05, 4.69) is 18.1 Å². The summed E-state index contributed by atoms with van der Waals surface area (Å²) >= 11 is 0. The zero-order chi connectivity index (χ0) is 21.7. The number of ether oxygens (including phenoxy) is 1. The molecule has 0 radical (unpaired) electrons. The number of piperidine rings is 1. The highest BCUT2D eigenvalue weighted by Crippen LogP contribution is 2.42. The summed E-state index contributed by atoms with van der Waals surface area (Å²) in [5.74, 6) is -0.534. The maximum atomic E-state index is 13.4. The molecule has 1 N–H and O–H groups in total. The lowest BCUT2D eigenvalue weighted by Gasteiger charge is -2.42. The van der Waals surface area contributed by atoms with E-state index in [9.17, 15) is 9.90 Å². The molecule has 0 bridgehead atoms.